The van der Waals surface area contributed by atoms with E-state index in [0.717, 1.165) is 16.1 Å². The Kier molecular flexibility index (Phi) is 9.41. The molecule has 0 fully saturated rings. The number of nitrogens with zero attached hydrogens (tertiary/aromatic N) is 1. The minimum atomic E-state index is -1.32. The number of phenolic OH excluding ortho intramolecular Hbond substituents is 1. The number of hydrazine groups is 1. The van der Waals surface area contributed by atoms with Gasteiger partial charge in [-0.15, -0.1) is 0 Å². The summed E-state index contributed by atoms with van der Waals surface area (Å²) in [6, 6.07) is 21.5. The molecule has 2 atom stereocenters. The average molecular weight is 493 g/mol. The summed E-state index contributed by atoms with van der Waals surface area (Å²) in [5.74, 6) is -2.03. The standard InChI is InChI=1S/C27H28N2O7/c1-35-26(33)24(17-19-9-4-2-5-10-19)29(27(34)36-18-20-11-6-3-7-12-20)28-23(25(31)32)16-21-13-8-14-22(30)15-21/h2-15,23-24,28,30H,16-18H2,1H3,(H,31,32)/t23-,24-/m0/s1. The van der Waals surface area contributed by atoms with Gasteiger partial charge in [-0.25, -0.2) is 20.0 Å². The highest BCUT2D eigenvalue weighted by atomic mass is 16.6. The van der Waals surface area contributed by atoms with E-state index in [1.165, 1.54) is 19.2 Å². The van der Waals surface area contributed by atoms with Crippen LogP contribution in [-0.2, 0) is 38.5 Å². The Bertz CT molecular complexity index is 1160. The predicted molar refractivity (Wildman–Crippen MR) is 131 cm³/mol. The Balaban J connectivity index is 1.90. The lowest BCUT2D eigenvalue weighted by atomic mass is 10.0. The van der Waals surface area contributed by atoms with Crippen molar-refractivity contribution in [3.8, 4) is 5.75 Å². The SMILES string of the molecule is COC(=O)[C@H](Cc1ccccc1)N(N[C@@H](Cc1cccc(O)c1)C(=O)O)C(=O)OCc1ccccc1. The molecule has 3 N–H and O–H groups in total. The van der Waals surface area contributed by atoms with Gasteiger partial charge in [-0.2, -0.15) is 0 Å². The number of phenols is 1. The second kappa shape index (κ2) is 12.9. The van der Waals surface area contributed by atoms with Crippen molar-refractivity contribution in [2.24, 2.45) is 0 Å². The molecule has 0 heterocycles. The van der Waals surface area contributed by atoms with Crippen molar-refractivity contribution >= 4 is 18.0 Å². The molecule has 0 unspecified atom stereocenters. The zero-order valence-electron chi connectivity index (χ0n) is 19.7. The normalized spacial score (nSPS) is 12.2. The first-order chi connectivity index (χ1) is 17.4. The minimum Gasteiger partial charge on any atom is -0.508 e. The Hall–Kier alpha value is -4.37. The first-order valence-corrected chi connectivity index (χ1v) is 11.3. The van der Waals surface area contributed by atoms with Crippen LogP contribution in [0.15, 0.2) is 84.9 Å². The lowest BCUT2D eigenvalue weighted by molar-refractivity contribution is -0.150. The van der Waals surface area contributed by atoms with Gasteiger partial charge in [0.05, 0.1) is 7.11 Å². The van der Waals surface area contributed by atoms with Gasteiger partial charge in [-0.05, 0) is 28.8 Å². The molecule has 0 aliphatic heterocycles. The summed E-state index contributed by atoms with van der Waals surface area (Å²) in [6.45, 7) is -0.0820. The van der Waals surface area contributed by atoms with Crippen LogP contribution >= 0.6 is 0 Å². The van der Waals surface area contributed by atoms with Crippen molar-refractivity contribution in [2.45, 2.75) is 31.5 Å². The lowest BCUT2D eigenvalue weighted by Crippen LogP contribution is -2.59. The Morgan fingerprint density at radius 1 is 0.861 bits per heavy atom. The number of hydrogen-bond donors (Lipinski definition) is 3. The summed E-state index contributed by atoms with van der Waals surface area (Å²) in [5, 5.41) is 20.5. The monoisotopic (exact) mass is 492 g/mol. The van der Waals surface area contributed by atoms with Crippen LogP contribution in [0.1, 0.15) is 16.7 Å². The van der Waals surface area contributed by atoms with Crippen LogP contribution in [0.5, 0.6) is 5.75 Å². The third-order valence-corrected chi connectivity index (χ3v) is 5.40. The van der Waals surface area contributed by atoms with Gasteiger partial charge in [0.15, 0.2) is 6.04 Å². The number of methoxy groups -OCH3 is 1. The molecule has 36 heavy (non-hydrogen) atoms. The summed E-state index contributed by atoms with van der Waals surface area (Å²) in [6.07, 6.45) is -0.961. The van der Waals surface area contributed by atoms with Crippen LogP contribution in [0.4, 0.5) is 4.79 Å². The molecular weight excluding hydrogens is 464 g/mol. The highest BCUT2D eigenvalue weighted by molar-refractivity contribution is 5.82. The molecule has 3 aromatic rings. The first-order valence-electron chi connectivity index (χ1n) is 11.3. The lowest BCUT2D eigenvalue weighted by Gasteiger charge is -2.32. The Morgan fingerprint density at radius 2 is 1.47 bits per heavy atom. The van der Waals surface area contributed by atoms with E-state index in [1.807, 2.05) is 12.1 Å². The van der Waals surface area contributed by atoms with Gasteiger partial charge in [0.2, 0.25) is 0 Å². The molecule has 1 amide bonds. The Morgan fingerprint density at radius 3 is 2.06 bits per heavy atom. The van der Waals surface area contributed by atoms with Crippen LogP contribution in [0.2, 0.25) is 0 Å². The molecule has 0 spiro atoms. The van der Waals surface area contributed by atoms with Crippen molar-refractivity contribution < 1.29 is 34.1 Å². The van der Waals surface area contributed by atoms with Gasteiger partial charge < -0.3 is 19.7 Å². The summed E-state index contributed by atoms with van der Waals surface area (Å²) in [5.41, 5.74) is 4.64. The number of carbonyl (C=O) groups excluding carboxylic acids is 2. The zero-order chi connectivity index (χ0) is 25.9. The van der Waals surface area contributed by atoms with Crippen LogP contribution in [0, 0.1) is 0 Å². The highest BCUT2D eigenvalue weighted by Crippen LogP contribution is 2.16. The summed E-state index contributed by atoms with van der Waals surface area (Å²) >= 11 is 0. The number of carboxylic acids is 1. The van der Waals surface area contributed by atoms with Gasteiger partial charge in [0.1, 0.15) is 18.4 Å². The molecule has 0 radical (unpaired) electrons. The molecule has 0 aromatic heterocycles. The smallest absolute Gasteiger partial charge is 0.425 e. The van der Waals surface area contributed by atoms with E-state index in [-0.39, 0.29) is 25.2 Å². The number of rotatable bonds is 11. The van der Waals surface area contributed by atoms with Gasteiger partial charge in [-0.3, -0.25) is 4.79 Å². The largest absolute Gasteiger partial charge is 0.508 e. The number of amides is 1. The molecule has 9 heteroatoms. The number of esters is 1. The number of carbonyl (C=O) groups is 3. The maximum Gasteiger partial charge on any atom is 0.425 e. The molecule has 0 bridgehead atoms. The fourth-order valence-electron chi connectivity index (χ4n) is 3.59. The zero-order valence-corrected chi connectivity index (χ0v) is 19.7. The number of aliphatic carboxylic acids is 1. The second-order valence-electron chi connectivity index (χ2n) is 8.03. The number of aromatic hydroxyl groups is 1. The molecule has 3 rings (SSSR count). The van der Waals surface area contributed by atoms with Crippen molar-refractivity contribution in [1.29, 1.82) is 0 Å². The summed E-state index contributed by atoms with van der Waals surface area (Å²) < 4.78 is 10.4. The third-order valence-electron chi connectivity index (χ3n) is 5.40. The van der Waals surface area contributed by atoms with E-state index >= 15 is 0 Å². The van der Waals surface area contributed by atoms with Crippen LogP contribution in [0.3, 0.4) is 0 Å². The first kappa shape index (κ1) is 26.2. The van der Waals surface area contributed by atoms with Crippen molar-refractivity contribution in [3.05, 3.63) is 102 Å². The molecule has 9 nitrogen and oxygen atoms in total. The quantitative estimate of drug-likeness (QED) is 0.275. The van der Waals surface area contributed by atoms with Gasteiger partial charge in [0.25, 0.3) is 0 Å². The molecule has 0 aliphatic carbocycles. The van der Waals surface area contributed by atoms with E-state index in [9.17, 15) is 24.6 Å². The Labute approximate surface area is 208 Å². The topological polar surface area (TPSA) is 125 Å². The second-order valence-corrected chi connectivity index (χ2v) is 8.03. The van der Waals surface area contributed by atoms with Crippen molar-refractivity contribution in [3.63, 3.8) is 0 Å². The van der Waals surface area contributed by atoms with E-state index in [4.69, 9.17) is 9.47 Å². The van der Waals surface area contributed by atoms with Crippen LogP contribution in [-0.4, -0.2) is 52.4 Å². The van der Waals surface area contributed by atoms with Crippen LogP contribution in [0.25, 0.3) is 0 Å². The van der Waals surface area contributed by atoms with E-state index in [0.29, 0.717) is 5.56 Å². The molecule has 0 saturated heterocycles. The number of ether oxygens (including phenoxy) is 2. The fourth-order valence-corrected chi connectivity index (χ4v) is 3.59. The van der Waals surface area contributed by atoms with Gasteiger partial charge in [-0.1, -0.05) is 72.8 Å². The molecular formula is C27H28N2O7. The molecule has 3 aromatic carbocycles. The summed E-state index contributed by atoms with van der Waals surface area (Å²) in [4.78, 5) is 38.2. The molecule has 0 aliphatic rings. The van der Waals surface area contributed by atoms with Gasteiger partial charge >= 0.3 is 18.0 Å². The van der Waals surface area contributed by atoms with E-state index < -0.39 is 30.1 Å². The van der Waals surface area contributed by atoms with E-state index in [1.54, 1.807) is 60.7 Å². The minimum absolute atomic E-state index is 0.0210. The summed E-state index contributed by atoms with van der Waals surface area (Å²) in [7, 11) is 1.19. The van der Waals surface area contributed by atoms with Crippen LogP contribution < -0.4 is 5.43 Å². The maximum atomic E-state index is 13.2. The van der Waals surface area contributed by atoms with Crippen molar-refractivity contribution in [2.75, 3.05) is 7.11 Å². The molecule has 188 valence electrons. The molecule has 0 saturated carbocycles. The predicted octanol–water partition coefficient (Wildman–Crippen LogP) is 3.32. The number of carboxylic acid groups (broad SMARTS) is 1. The average Bonchev–Trinajstić information content (AvgIpc) is 2.89. The fraction of sp³-hybridized carbons (Fsp3) is 0.222. The highest BCUT2D eigenvalue weighted by Gasteiger charge is 2.35. The number of benzene rings is 3. The van der Waals surface area contributed by atoms with E-state index in [2.05, 4.69) is 5.43 Å². The van der Waals surface area contributed by atoms with Crippen molar-refractivity contribution in [1.82, 2.24) is 10.4 Å². The van der Waals surface area contributed by atoms with Gasteiger partial charge in [0, 0.05) is 12.8 Å². The third kappa shape index (κ3) is 7.57. The number of nitrogens with one attached hydrogen (secondary N) is 1. The maximum absolute atomic E-state index is 13.2. The number of hydrogen-bond acceptors (Lipinski definition) is 7.